The fourth-order valence-corrected chi connectivity index (χ4v) is 8.14. The number of allylic oxidation sites excluding steroid dienone is 1. The van der Waals surface area contributed by atoms with Gasteiger partial charge in [-0.05, 0) is 43.4 Å². The lowest BCUT2D eigenvalue weighted by Gasteiger charge is -2.66. The molecule has 3 saturated carbocycles. The summed E-state index contributed by atoms with van der Waals surface area (Å²) in [5, 5.41) is 10.9. The van der Waals surface area contributed by atoms with Crippen molar-refractivity contribution in [2.75, 3.05) is 14.2 Å². The molecular weight excluding hydrogens is 452 g/mol. The van der Waals surface area contributed by atoms with Crippen molar-refractivity contribution < 1.29 is 38.6 Å². The molecule has 3 aliphatic rings. The van der Waals surface area contributed by atoms with Crippen molar-refractivity contribution in [3.05, 3.63) is 12.2 Å². The number of aliphatic hydroxyl groups is 1. The minimum Gasteiger partial charge on any atom is -0.469 e. The molecule has 3 rings (SSSR count). The molecule has 0 saturated heterocycles. The van der Waals surface area contributed by atoms with Crippen LogP contribution in [0.1, 0.15) is 67.2 Å². The van der Waals surface area contributed by atoms with E-state index in [1.54, 1.807) is 0 Å². The maximum absolute atomic E-state index is 13.8. The number of carbonyl (C=O) groups excluding carboxylic acids is 5. The smallest absolute Gasteiger partial charge is 0.345 e. The molecule has 35 heavy (non-hydrogen) atoms. The first kappa shape index (κ1) is 27.2. The SMILES string of the molecule is C=C1C[C@H]2[C@]3(C)CCC(=O)C(C)(C)[C@H]3C(=O)C[C@]2(C)[C@@H](C(=O)OC)[C@]1(C)C(=O)[C@](C)(O)C(=O)OC. The molecule has 1 N–H and O–H groups in total. The van der Waals surface area contributed by atoms with Crippen LogP contribution in [0.2, 0.25) is 0 Å². The number of ketones is 3. The topological polar surface area (TPSA) is 124 Å². The van der Waals surface area contributed by atoms with E-state index in [1.165, 1.54) is 14.0 Å². The Labute approximate surface area is 206 Å². The number of methoxy groups -OCH3 is 2. The van der Waals surface area contributed by atoms with Gasteiger partial charge in [0.25, 0.3) is 0 Å². The van der Waals surface area contributed by atoms with Gasteiger partial charge in [-0.15, -0.1) is 0 Å². The normalized spacial score (nSPS) is 40.1. The second-order valence-electron chi connectivity index (χ2n) is 12.1. The van der Waals surface area contributed by atoms with Crippen LogP contribution in [0.15, 0.2) is 12.2 Å². The van der Waals surface area contributed by atoms with Crippen molar-refractivity contribution in [3.8, 4) is 0 Å². The summed E-state index contributed by atoms with van der Waals surface area (Å²) in [5.74, 6) is -4.83. The Bertz CT molecular complexity index is 1020. The van der Waals surface area contributed by atoms with Crippen LogP contribution < -0.4 is 0 Å². The van der Waals surface area contributed by atoms with Crippen molar-refractivity contribution in [1.29, 1.82) is 0 Å². The lowest BCUT2D eigenvalue weighted by atomic mass is 9.35. The van der Waals surface area contributed by atoms with Crippen LogP contribution in [0, 0.1) is 39.4 Å². The molecule has 3 aliphatic carbocycles. The highest BCUT2D eigenvalue weighted by Gasteiger charge is 2.72. The molecule has 3 fully saturated rings. The van der Waals surface area contributed by atoms with Gasteiger partial charge in [-0.1, -0.05) is 39.8 Å². The fourth-order valence-electron chi connectivity index (χ4n) is 8.14. The average molecular weight is 491 g/mol. The number of fused-ring (bicyclic) bond motifs is 3. The first-order chi connectivity index (χ1) is 15.9. The maximum Gasteiger partial charge on any atom is 0.345 e. The number of carbonyl (C=O) groups is 5. The molecular formula is C27H38O8. The zero-order chi connectivity index (χ0) is 26.9. The standard InChI is InChI=1S/C27H38O8/c1-14-12-16-24(4)11-10-17(29)23(2,3)18(24)15(28)13-25(16,5)19(20(30)34-8)26(14,6)21(31)27(7,33)22(32)35-9/h16,18-19,33H,1,10-13H2,2-9H3/t16-,18+,19+,24-,25-,26+,27-/m0/s1. The molecule has 8 nitrogen and oxygen atoms in total. The van der Waals surface area contributed by atoms with Gasteiger partial charge in [-0.2, -0.15) is 0 Å². The first-order valence-electron chi connectivity index (χ1n) is 12.1. The van der Waals surface area contributed by atoms with Gasteiger partial charge < -0.3 is 14.6 Å². The predicted octanol–water partition coefficient (Wildman–Crippen LogP) is 2.84. The van der Waals surface area contributed by atoms with Crippen molar-refractivity contribution in [3.63, 3.8) is 0 Å². The number of hydrogen-bond donors (Lipinski definition) is 1. The number of esters is 2. The third kappa shape index (κ3) is 3.39. The molecule has 0 aliphatic heterocycles. The fraction of sp³-hybridized carbons (Fsp3) is 0.741. The summed E-state index contributed by atoms with van der Waals surface area (Å²) in [4.78, 5) is 66.2. The van der Waals surface area contributed by atoms with E-state index in [0.717, 1.165) is 14.0 Å². The molecule has 7 atom stereocenters. The summed E-state index contributed by atoms with van der Waals surface area (Å²) in [7, 11) is 2.27. The van der Waals surface area contributed by atoms with Crippen LogP contribution in [0.5, 0.6) is 0 Å². The van der Waals surface area contributed by atoms with Gasteiger partial charge in [-0.25, -0.2) is 4.79 Å². The highest BCUT2D eigenvalue weighted by Crippen LogP contribution is 2.70. The maximum atomic E-state index is 13.8. The van der Waals surface area contributed by atoms with E-state index in [-0.39, 0.29) is 23.9 Å². The Kier molecular flexibility index (Phi) is 6.29. The summed E-state index contributed by atoms with van der Waals surface area (Å²) >= 11 is 0. The molecule has 8 heteroatoms. The van der Waals surface area contributed by atoms with E-state index in [9.17, 15) is 29.1 Å². The Morgan fingerprint density at radius 2 is 1.60 bits per heavy atom. The molecule has 0 heterocycles. The van der Waals surface area contributed by atoms with E-state index >= 15 is 0 Å². The van der Waals surface area contributed by atoms with Crippen LogP contribution in [0.25, 0.3) is 0 Å². The Hall–Kier alpha value is -2.35. The summed E-state index contributed by atoms with van der Waals surface area (Å²) in [6.45, 7) is 14.1. The predicted molar refractivity (Wildman–Crippen MR) is 126 cm³/mol. The quantitative estimate of drug-likeness (QED) is 0.362. The lowest BCUT2D eigenvalue weighted by Crippen LogP contribution is -2.69. The Balaban J connectivity index is 2.25. The molecule has 0 spiro atoms. The molecule has 0 aromatic carbocycles. The summed E-state index contributed by atoms with van der Waals surface area (Å²) < 4.78 is 9.82. The number of hydrogen-bond acceptors (Lipinski definition) is 8. The van der Waals surface area contributed by atoms with Crippen molar-refractivity contribution >= 4 is 29.3 Å². The van der Waals surface area contributed by atoms with Gasteiger partial charge in [0.15, 0.2) is 5.78 Å². The molecule has 0 aromatic rings. The van der Waals surface area contributed by atoms with Crippen molar-refractivity contribution in [2.24, 2.45) is 39.4 Å². The zero-order valence-corrected chi connectivity index (χ0v) is 22.1. The van der Waals surface area contributed by atoms with Gasteiger partial charge in [0.1, 0.15) is 11.6 Å². The molecule has 0 unspecified atom stereocenters. The molecule has 0 amide bonds. The van der Waals surface area contributed by atoms with Gasteiger partial charge in [0.05, 0.1) is 25.6 Å². The second-order valence-corrected chi connectivity index (χ2v) is 12.1. The number of Topliss-reactive ketones (excluding diaryl/α,β-unsaturated/α-hetero) is 3. The highest BCUT2D eigenvalue weighted by molar-refractivity contribution is 6.11. The van der Waals surface area contributed by atoms with E-state index in [0.29, 0.717) is 24.8 Å². The summed E-state index contributed by atoms with van der Waals surface area (Å²) in [6, 6.07) is 0. The minimum atomic E-state index is -2.54. The molecule has 0 radical (unpaired) electrons. The minimum absolute atomic E-state index is 0.0368. The van der Waals surface area contributed by atoms with Crippen LogP contribution in [-0.2, 0) is 33.4 Å². The molecule has 194 valence electrons. The van der Waals surface area contributed by atoms with Crippen LogP contribution in [0.4, 0.5) is 0 Å². The first-order valence-corrected chi connectivity index (χ1v) is 12.1. The second kappa shape index (κ2) is 8.08. The van der Waals surface area contributed by atoms with Gasteiger partial charge in [0, 0.05) is 24.2 Å². The van der Waals surface area contributed by atoms with E-state index in [1.807, 2.05) is 27.7 Å². The summed E-state index contributed by atoms with van der Waals surface area (Å²) in [5.41, 5.74) is -6.35. The average Bonchev–Trinajstić information content (AvgIpc) is 2.76. The summed E-state index contributed by atoms with van der Waals surface area (Å²) in [6.07, 6.45) is 1.07. The monoisotopic (exact) mass is 490 g/mol. The van der Waals surface area contributed by atoms with Gasteiger partial charge in [0.2, 0.25) is 5.60 Å². The number of ether oxygens (including phenoxy) is 2. The van der Waals surface area contributed by atoms with E-state index in [4.69, 9.17) is 4.74 Å². The van der Waals surface area contributed by atoms with Crippen LogP contribution in [0.3, 0.4) is 0 Å². The van der Waals surface area contributed by atoms with Crippen molar-refractivity contribution in [2.45, 2.75) is 72.8 Å². The number of rotatable bonds is 4. The largest absolute Gasteiger partial charge is 0.469 e. The van der Waals surface area contributed by atoms with Gasteiger partial charge >= 0.3 is 11.9 Å². The van der Waals surface area contributed by atoms with Crippen molar-refractivity contribution in [1.82, 2.24) is 0 Å². The van der Waals surface area contributed by atoms with Crippen LogP contribution >= 0.6 is 0 Å². The Morgan fingerprint density at radius 3 is 2.11 bits per heavy atom. The Morgan fingerprint density at radius 1 is 1.03 bits per heavy atom. The third-order valence-electron chi connectivity index (χ3n) is 9.82. The van der Waals surface area contributed by atoms with Crippen LogP contribution in [-0.4, -0.2) is 54.2 Å². The molecule has 0 bridgehead atoms. The van der Waals surface area contributed by atoms with E-state index in [2.05, 4.69) is 11.3 Å². The lowest BCUT2D eigenvalue weighted by molar-refractivity contribution is -0.200. The highest BCUT2D eigenvalue weighted by atomic mass is 16.5. The van der Waals surface area contributed by atoms with Gasteiger partial charge in [-0.3, -0.25) is 19.2 Å². The molecule has 0 aromatic heterocycles. The third-order valence-corrected chi connectivity index (χ3v) is 9.82. The zero-order valence-electron chi connectivity index (χ0n) is 22.1. The van der Waals surface area contributed by atoms with E-state index < -0.39 is 56.8 Å².